The van der Waals surface area contributed by atoms with Crippen LogP contribution in [0.2, 0.25) is 0 Å². The van der Waals surface area contributed by atoms with Gasteiger partial charge in [0.2, 0.25) is 0 Å². The molecule has 2 heterocycles. The van der Waals surface area contributed by atoms with Crippen molar-refractivity contribution in [1.82, 2.24) is 4.98 Å². The number of aromatic carboxylic acids is 1. The van der Waals surface area contributed by atoms with Crippen LogP contribution in [0.4, 0.5) is 5.69 Å². The molecule has 1 aliphatic carbocycles. The SMILES string of the molecule is CN1CC(C2CC2)Sc2c1c[nH]c2C(=O)O. The minimum atomic E-state index is -0.862. The summed E-state index contributed by atoms with van der Waals surface area (Å²) < 4.78 is 0. The lowest BCUT2D eigenvalue weighted by Gasteiger charge is -2.31. The molecule has 0 spiro atoms. The number of thioether (sulfide) groups is 1. The quantitative estimate of drug-likeness (QED) is 0.827. The van der Waals surface area contributed by atoms with E-state index in [4.69, 9.17) is 5.11 Å². The third kappa shape index (κ3) is 1.50. The number of carbonyl (C=O) groups is 1. The van der Waals surface area contributed by atoms with Crippen LogP contribution < -0.4 is 4.90 Å². The van der Waals surface area contributed by atoms with Gasteiger partial charge in [-0.2, -0.15) is 0 Å². The number of nitrogens with one attached hydrogen (secondary N) is 1. The fourth-order valence-electron chi connectivity index (χ4n) is 2.23. The third-order valence-corrected chi connectivity index (χ3v) is 4.79. The molecule has 1 aliphatic heterocycles. The van der Waals surface area contributed by atoms with Crippen LogP contribution in [0.15, 0.2) is 11.1 Å². The molecular weight excluding hydrogens is 224 g/mol. The molecule has 1 atom stereocenters. The van der Waals surface area contributed by atoms with Crippen LogP contribution in [0.5, 0.6) is 0 Å². The fraction of sp³-hybridized carbons (Fsp3) is 0.545. The summed E-state index contributed by atoms with van der Waals surface area (Å²) in [5.74, 6) is -0.0734. The zero-order valence-electron chi connectivity index (χ0n) is 9.06. The summed E-state index contributed by atoms with van der Waals surface area (Å²) >= 11 is 1.74. The Morgan fingerprint density at radius 2 is 2.38 bits per heavy atom. The molecular formula is C11H14N2O2S. The van der Waals surface area contributed by atoms with Crippen molar-refractivity contribution in [1.29, 1.82) is 0 Å². The van der Waals surface area contributed by atoms with E-state index in [0.29, 0.717) is 10.9 Å². The molecule has 0 aromatic carbocycles. The smallest absolute Gasteiger partial charge is 0.353 e. The van der Waals surface area contributed by atoms with Gasteiger partial charge in [-0.05, 0) is 18.8 Å². The number of aromatic nitrogens is 1. The van der Waals surface area contributed by atoms with E-state index in [1.165, 1.54) is 12.8 Å². The normalized spacial score (nSPS) is 24.3. The van der Waals surface area contributed by atoms with Gasteiger partial charge in [0.05, 0.1) is 10.6 Å². The first-order valence-electron chi connectivity index (χ1n) is 5.49. The third-order valence-electron chi connectivity index (χ3n) is 3.31. The standard InChI is InChI=1S/C11H14N2O2S/c1-13-5-8(6-2-3-6)16-10-7(13)4-12-9(10)11(14)15/h4,6,8,12H,2-3,5H2,1H3,(H,14,15). The second kappa shape index (κ2) is 3.45. The highest BCUT2D eigenvalue weighted by Crippen LogP contribution is 2.48. The Kier molecular flexibility index (Phi) is 2.17. The summed E-state index contributed by atoms with van der Waals surface area (Å²) in [4.78, 5) is 17.0. The number of fused-ring (bicyclic) bond motifs is 1. The molecule has 2 N–H and O–H groups in total. The van der Waals surface area contributed by atoms with Crippen molar-refractivity contribution in [2.24, 2.45) is 5.92 Å². The van der Waals surface area contributed by atoms with Crippen molar-refractivity contribution in [3.05, 3.63) is 11.9 Å². The molecule has 1 fully saturated rings. The summed E-state index contributed by atoms with van der Waals surface area (Å²) in [7, 11) is 2.04. The highest BCUT2D eigenvalue weighted by molar-refractivity contribution is 8.00. The van der Waals surface area contributed by atoms with Crippen molar-refractivity contribution in [2.45, 2.75) is 23.0 Å². The minimum Gasteiger partial charge on any atom is -0.477 e. The molecule has 3 rings (SSSR count). The number of carboxylic acids is 1. The molecule has 0 bridgehead atoms. The predicted octanol–water partition coefficient (Wildman–Crippen LogP) is 2.03. The topological polar surface area (TPSA) is 56.3 Å². The van der Waals surface area contributed by atoms with Gasteiger partial charge < -0.3 is 15.0 Å². The van der Waals surface area contributed by atoms with E-state index >= 15 is 0 Å². The Hall–Kier alpha value is -1.10. The summed E-state index contributed by atoms with van der Waals surface area (Å²) in [6.07, 6.45) is 4.40. The lowest BCUT2D eigenvalue weighted by atomic mass is 10.2. The fourth-order valence-corrected chi connectivity index (χ4v) is 3.90. The number of carboxylic acid groups (broad SMARTS) is 1. The predicted molar refractivity (Wildman–Crippen MR) is 63.4 cm³/mol. The largest absolute Gasteiger partial charge is 0.477 e. The van der Waals surface area contributed by atoms with Crippen molar-refractivity contribution >= 4 is 23.4 Å². The first-order valence-corrected chi connectivity index (χ1v) is 6.37. The summed E-state index contributed by atoms with van der Waals surface area (Å²) in [5, 5.41) is 9.65. The maximum absolute atomic E-state index is 11.1. The van der Waals surface area contributed by atoms with E-state index < -0.39 is 5.97 Å². The highest BCUT2D eigenvalue weighted by atomic mass is 32.2. The summed E-state index contributed by atoms with van der Waals surface area (Å²) in [5.41, 5.74) is 1.37. The van der Waals surface area contributed by atoms with Gasteiger partial charge in [0.15, 0.2) is 0 Å². The van der Waals surface area contributed by atoms with Gasteiger partial charge in [0, 0.05) is 25.0 Å². The van der Waals surface area contributed by atoms with E-state index in [0.717, 1.165) is 23.0 Å². The average Bonchev–Trinajstić information content (AvgIpc) is 2.98. The van der Waals surface area contributed by atoms with E-state index in [9.17, 15) is 4.79 Å². The van der Waals surface area contributed by atoms with Gasteiger partial charge >= 0.3 is 5.97 Å². The zero-order valence-corrected chi connectivity index (χ0v) is 9.88. The molecule has 1 saturated carbocycles. The lowest BCUT2D eigenvalue weighted by molar-refractivity contribution is 0.0687. The van der Waals surface area contributed by atoms with Crippen molar-refractivity contribution < 1.29 is 9.90 Å². The highest BCUT2D eigenvalue weighted by Gasteiger charge is 2.37. The molecule has 86 valence electrons. The molecule has 0 radical (unpaired) electrons. The second-order valence-corrected chi connectivity index (χ2v) is 5.81. The summed E-state index contributed by atoms with van der Waals surface area (Å²) in [6.45, 7) is 1.03. The van der Waals surface area contributed by atoms with Gasteiger partial charge in [0.1, 0.15) is 5.69 Å². The van der Waals surface area contributed by atoms with Crippen LogP contribution >= 0.6 is 11.8 Å². The Labute approximate surface area is 98.0 Å². The maximum atomic E-state index is 11.1. The molecule has 0 amide bonds. The molecule has 0 saturated heterocycles. The summed E-state index contributed by atoms with van der Waals surface area (Å²) in [6, 6.07) is 0. The number of hydrogen-bond donors (Lipinski definition) is 2. The zero-order chi connectivity index (χ0) is 11.3. The van der Waals surface area contributed by atoms with Crippen LogP contribution in [0.25, 0.3) is 0 Å². The van der Waals surface area contributed by atoms with Crippen LogP contribution in [0.3, 0.4) is 0 Å². The lowest BCUT2D eigenvalue weighted by Crippen LogP contribution is -2.32. The molecule has 1 aromatic rings. The van der Waals surface area contributed by atoms with E-state index in [1.54, 1.807) is 18.0 Å². The Morgan fingerprint density at radius 3 is 3.00 bits per heavy atom. The molecule has 4 nitrogen and oxygen atoms in total. The number of H-pyrrole nitrogens is 1. The molecule has 2 aliphatic rings. The van der Waals surface area contributed by atoms with Gasteiger partial charge in [-0.3, -0.25) is 0 Å². The molecule has 5 heteroatoms. The maximum Gasteiger partial charge on any atom is 0.353 e. The Bertz CT molecular complexity index is 439. The number of aromatic amines is 1. The van der Waals surface area contributed by atoms with E-state index in [-0.39, 0.29) is 0 Å². The van der Waals surface area contributed by atoms with Crippen molar-refractivity contribution in [3.63, 3.8) is 0 Å². The van der Waals surface area contributed by atoms with Crippen LogP contribution in [0, 0.1) is 5.92 Å². The Balaban J connectivity index is 1.96. The van der Waals surface area contributed by atoms with Crippen LogP contribution in [0.1, 0.15) is 23.3 Å². The number of hydrogen-bond acceptors (Lipinski definition) is 3. The average molecular weight is 238 g/mol. The van der Waals surface area contributed by atoms with Crippen molar-refractivity contribution in [3.8, 4) is 0 Å². The molecule has 16 heavy (non-hydrogen) atoms. The van der Waals surface area contributed by atoms with E-state index in [1.807, 2.05) is 7.05 Å². The first-order chi connectivity index (χ1) is 7.66. The van der Waals surface area contributed by atoms with Gasteiger partial charge in [0.25, 0.3) is 0 Å². The Morgan fingerprint density at radius 1 is 1.62 bits per heavy atom. The second-order valence-electron chi connectivity index (χ2n) is 4.56. The minimum absolute atomic E-state index is 0.345. The van der Waals surface area contributed by atoms with Crippen LogP contribution in [-0.4, -0.2) is 34.9 Å². The van der Waals surface area contributed by atoms with E-state index in [2.05, 4.69) is 9.88 Å². The van der Waals surface area contributed by atoms with Gasteiger partial charge in [-0.15, -0.1) is 11.8 Å². The molecule has 1 aromatic heterocycles. The monoisotopic (exact) mass is 238 g/mol. The van der Waals surface area contributed by atoms with Gasteiger partial charge in [-0.25, -0.2) is 4.79 Å². The first kappa shape index (κ1) is 10.1. The van der Waals surface area contributed by atoms with Crippen LogP contribution in [-0.2, 0) is 0 Å². The number of nitrogens with zero attached hydrogens (tertiary/aromatic N) is 1. The number of rotatable bonds is 2. The number of anilines is 1. The van der Waals surface area contributed by atoms with Gasteiger partial charge in [-0.1, -0.05) is 0 Å². The van der Waals surface area contributed by atoms with Crippen molar-refractivity contribution in [2.75, 3.05) is 18.5 Å². The molecule has 1 unspecified atom stereocenters.